The molecule has 1 aliphatic heterocycles. The number of anilines is 2. The maximum atomic E-state index is 12.9. The maximum Gasteiger partial charge on any atom is 0.274 e. The van der Waals surface area contributed by atoms with E-state index in [1.54, 1.807) is 11.2 Å². The first-order valence-corrected chi connectivity index (χ1v) is 10.4. The SMILES string of the molecule is CC(C)n1nc(C(=O)N2CCN(c3ccc4ncnc(N(C)C)c4c3)CC2)ccc1=O. The average molecular weight is 422 g/mol. The third kappa shape index (κ3) is 4.08. The molecule has 0 radical (unpaired) electrons. The van der Waals surface area contributed by atoms with Crippen LogP contribution in [0.25, 0.3) is 10.9 Å². The van der Waals surface area contributed by atoms with Crippen molar-refractivity contribution in [3.8, 4) is 0 Å². The van der Waals surface area contributed by atoms with Crippen molar-refractivity contribution >= 4 is 28.3 Å². The zero-order valence-corrected chi connectivity index (χ0v) is 18.3. The zero-order valence-electron chi connectivity index (χ0n) is 18.3. The molecular formula is C22H27N7O2. The molecule has 162 valence electrons. The molecule has 3 heterocycles. The van der Waals surface area contributed by atoms with E-state index in [4.69, 9.17) is 0 Å². The first-order valence-electron chi connectivity index (χ1n) is 10.4. The van der Waals surface area contributed by atoms with Crippen LogP contribution in [0, 0.1) is 0 Å². The second kappa shape index (κ2) is 8.33. The highest BCUT2D eigenvalue weighted by Gasteiger charge is 2.24. The monoisotopic (exact) mass is 421 g/mol. The number of fused-ring (bicyclic) bond motifs is 1. The fourth-order valence-electron chi connectivity index (χ4n) is 3.82. The van der Waals surface area contributed by atoms with Gasteiger partial charge in [0.25, 0.3) is 11.5 Å². The highest BCUT2D eigenvalue weighted by molar-refractivity contribution is 5.93. The minimum absolute atomic E-state index is 0.0963. The Morgan fingerprint density at radius 1 is 1.03 bits per heavy atom. The van der Waals surface area contributed by atoms with E-state index in [0.717, 1.165) is 22.4 Å². The number of nitrogens with zero attached hydrogens (tertiary/aromatic N) is 7. The standard InChI is InChI=1S/C22H27N7O2/c1-15(2)29-20(30)8-7-19(25-29)22(31)28-11-9-27(10-12-28)16-5-6-18-17(13-16)21(26(3)4)24-14-23-18/h5-8,13-15H,9-12H2,1-4H3. The molecule has 9 nitrogen and oxygen atoms in total. The van der Waals surface area contributed by atoms with Gasteiger partial charge < -0.3 is 14.7 Å². The van der Waals surface area contributed by atoms with Crippen LogP contribution in [0.3, 0.4) is 0 Å². The van der Waals surface area contributed by atoms with Crippen molar-refractivity contribution in [2.75, 3.05) is 50.1 Å². The van der Waals surface area contributed by atoms with Crippen molar-refractivity contribution < 1.29 is 4.79 Å². The molecule has 0 saturated carbocycles. The van der Waals surface area contributed by atoms with E-state index in [1.165, 1.54) is 16.8 Å². The number of hydrogen-bond acceptors (Lipinski definition) is 7. The van der Waals surface area contributed by atoms with Gasteiger partial charge in [-0.2, -0.15) is 5.10 Å². The molecule has 0 spiro atoms. The second-order valence-electron chi connectivity index (χ2n) is 8.17. The minimum atomic E-state index is -0.200. The Bertz CT molecular complexity index is 1160. The molecular weight excluding hydrogens is 394 g/mol. The van der Waals surface area contributed by atoms with Crippen LogP contribution in [0.15, 0.2) is 41.5 Å². The van der Waals surface area contributed by atoms with Crippen molar-refractivity contribution in [3.63, 3.8) is 0 Å². The summed E-state index contributed by atoms with van der Waals surface area (Å²) >= 11 is 0. The van der Waals surface area contributed by atoms with Gasteiger partial charge in [-0.05, 0) is 38.1 Å². The number of piperazine rings is 1. The summed E-state index contributed by atoms with van der Waals surface area (Å²) in [5.41, 5.74) is 2.10. The Morgan fingerprint density at radius 2 is 1.77 bits per heavy atom. The normalized spacial score (nSPS) is 14.4. The van der Waals surface area contributed by atoms with Crippen LogP contribution in [-0.4, -0.2) is 70.8 Å². The van der Waals surface area contributed by atoms with Gasteiger partial charge in [-0.25, -0.2) is 14.6 Å². The van der Waals surface area contributed by atoms with Crippen LogP contribution >= 0.6 is 0 Å². The molecule has 2 aromatic heterocycles. The Balaban J connectivity index is 1.50. The molecule has 31 heavy (non-hydrogen) atoms. The second-order valence-corrected chi connectivity index (χ2v) is 8.17. The largest absolute Gasteiger partial charge is 0.368 e. The van der Waals surface area contributed by atoms with E-state index in [2.05, 4.69) is 32.1 Å². The predicted molar refractivity (Wildman–Crippen MR) is 121 cm³/mol. The number of aromatic nitrogens is 4. The third-order valence-electron chi connectivity index (χ3n) is 5.49. The fourth-order valence-corrected chi connectivity index (χ4v) is 3.82. The van der Waals surface area contributed by atoms with Crippen LogP contribution in [-0.2, 0) is 0 Å². The van der Waals surface area contributed by atoms with Crippen LogP contribution in [0.1, 0.15) is 30.4 Å². The van der Waals surface area contributed by atoms with Gasteiger partial charge in [-0.1, -0.05) is 0 Å². The minimum Gasteiger partial charge on any atom is -0.368 e. The molecule has 1 aromatic carbocycles. The van der Waals surface area contributed by atoms with Crippen LogP contribution in [0.5, 0.6) is 0 Å². The van der Waals surface area contributed by atoms with Crippen LogP contribution in [0.4, 0.5) is 11.5 Å². The van der Waals surface area contributed by atoms with Gasteiger partial charge in [0, 0.05) is 57.4 Å². The summed E-state index contributed by atoms with van der Waals surface area (Å²) in [5.74, 6) is 0.739. The van der Waals surface area contributed by atoms with E-state index in [0.29, 0.717) is 31.9 Å². The molecule has 1 amide bonds. The van der Waals surface area contributed by atoms with Crippen molar-refractivity contribution in [2.45, 2.75) is 19.9 Å². The molecule has 1 fully saturated rings. The molecule has 0 N–H and O–H groups in total. The van der Waals surface area contributed by atoms with Gasteiger partial charge in [0.2, 0.25) is 0 Å². The molecule has 0 bridgehead atoms. The fraction of sp³-hybridized carbons (Fsp3) is 0.409. The highest BCUT2D eigenvalue weighted by atomic mass is 16.2. The van der Waals surface area contributed by atoms with E-state index in [1.807, 2.05) is 38.9 Å². The average Bonchev–Trinajstić information content (AvgIpc) is 2.78. The summed E-state index contributed by atoms with van der Waals surface area (Å²) in [5, 5.41) is 5.27. The lowest BCUT2D eigenvalue weighted by molar-refractivity contribution is 0.0737. The molecule has 0 atom stereocenters. The van der Waals surface area contributed by atoms with E-state index in [9.17, 15) is 9.59 Å². The lowest BCUT2D eigenvalue weighted by atomic mass is 10.1. The summed E-state index contributed by atoms with van der Waals surface area (Å²) in [7, 11) is 3.93. The Labute approximate surface area is 180 Å². The van der Waals surface area contributed by atoms with Gasteiger partial charge in [0.15, 0.2) is 0 Å². The molecule has 1 aliphatic rings. The number of carbonyl (C=O) groups is 1. The molecule has 1 saturated heterocycles. The van der Waals surface area contributed by atoms with Gasteiger partial charge in [0.1, 0.15) is 17.8 Å². The number of hydrogen-bond donors (Lipinski definition) is 0. The van der Waals surface area contributed by atoms with E-state index in [-0.39, 0.29) is 17.5 Å². The van der Waals surface area contributed by atoms with Gasteiger partial charge >= 0.3 is 0 Å². The molecule has 0 unspecified atom stereocenters. The highest BCUT2D eigenvalue weighted by Crippen LogP contribution is 2.27. The van der Waals surface area contributed by atoms with Gasteiger partial charge in [0.05, 0.1) is 11.6 Å². The third-order valence-corrected chi connectivity index (χ3v) is 5.49. The molecule has 4 rings (SSSR count). The van der Waals surface area contributed by atoms with Crippen molar-refractivity contribution in [2.24, 2.45) is 0 Å². The smallest absolute Gasteiger partial charge is 0.274 e. The number of amides is 1. The Hall–Kier alpha value is -3.49. The lowest BCUT2D eigenvalue weighted by Crippen LogP contribution is -2.49. The number of rotatable bonds is 4. The van der Waals surface area contributed by atoms with Crippen molar-refractivity contribution in [1.82, 2.24) is 24.6 Å². The summed E-state index contributed by atoms with van der Waals surface area (Å²) < 4.78 is 1.35. The Morgan fingerprint density at radius 3 is 2.45 bits per heavy atom. The van der Waals surface area contributed by atoms with Crippen molar-refractivity contribution in [3.05, 3.63) is 52.7 Å². The molecule has 9 heteroatoms. The summed E-state index contributed by atoms with van der Waals surface area (Å²) in [6.45, 7) is 6.35. The number of benzene rings is 1. The van der Waals surface area contributed by atoms with Crippen molar-refractivity contribution in [1.29, 1.82) is 0 Å². The topological polar surface area (TPSA) is 87.5 Å². The van der Waals surface area contributed by atoms with E-state index < -0.39 is 0 Å². The lowest BCUT2D eigenvalue weighted by Gasteiger charge is -2.36. The molecule has 0 aliphatic carbocycles. The number of carbonyl (C=O) groups excluding carboxylic acids is 1. The van der Waals surface area contributed by atoms with Crippen LogP contribution < -0.4 is 15.4 Å². The predicted octanol–water partition coefficient (Wildman–Crippen LogP) is 1.80. The first-order chi connectivity index (χ1) is 14.8. The first kappa shape index (κ1) is 20.8. The van der Waals surface area contributed by atoms with E-state index >= 15 is 0 Å². The quantitative estimate of drug-likeness (QED) is 0.635. The Kier molecular flexibility index (Phi) is 5.58. The summed E-state index contributed by atoms with van der Waals surface area (Å²) in [6, 6.07) is 9.02. The summed E-state index contributed by atoms with van der Waals surface area (Å²) in [6.07, 6.45) is 1.58. The zero-order chi connectivity index (χ0) is 22.1. The van der Waals surface area contributed by atoms with Crippen LogP contribution in [0.2, 0.25) is 0 Å². The van der Waals surface area contributed by atoms with Gasteiger partial charge in [-0.15, -0.1) is 0 Å². The van der Waals surface area contributed by atoms with Gasteiger partial charge in [-0.3, -0.25) is 9.59 Å². The summed E-state index contributed by atoms with van der Waals surface area (Å²) in [4.78, 5) is 39.7. The molecule has 3 aromatic rings. The maximum absolute atomic E-state index is 12.9.